The van der Waals surface area contributed by atoms with Gasteiger partial charge in [-0.15, -0.1) is 0 Å². The molecule has 1 unspecified atom stereocenters. The van der Waals surface area contributed by atoms with Crippen LogP contribution in [0.25, 0.3) is 0 Å². The van der Waals surface area contributed by atoms with E-state index in [1.54, 1.807) is 18.5 Å². The summed E-state index contributed by atoms with van der Waals surface area (Å²) in [4.78, 5) is 26.4. The van der Waals surface area contributed by atoms with E-state index < -0.39 is 17.1 Å². The van der Waals surface area contributed by atoms with Gasteiger partial charge in [-0.1, -0.05) is 0 Å². The molecule has 0 saturated carbocycles. The van der Waals surface area contributed by atoms with Crippen LogP contribution in [0, 0.1) is 21.4 Å². The summed E-state index contributed by atoms with van der Waals surface area (Å²) in [6.07, 6.45) is 4.30. The highest BCUT2D eigenvalue weighted by molar-refractivity contribution is 5.75. The van der Waals surface area contributed by atoms with Gasteiger partial charge in [0.2, 0.25) is 0 Å². The summed E-state index contributed by atoms with van der Waals surface area (Å²) >= 11 is 0. The van der Waals surface area contributed by atoms with Gasteiger partial charge in [0.05, 0.1) is 16.5 Å². The number of rotatable bonds is 3. The molecule has 1 aliphatic heterocycles. The first-order valence-corrected chi connectivity index (χ1v) is 7.21. The van der Waals surface area contributed by atoms with E-state index in [0.29, 0.717) is 17.5 Å². The molecule has 2 aromatic rings. The largest absolute Gasteiger partial charge is 0.436 e. The van der Waals surface area contributed by atoms with Crippen LogP contribution in [0.4, 0.5) is 10.5 Å². The third kappa shape index (κ3) is 3.42. The summed E-state index contributed by atoms with van der Waals surface area (Å²) in [5.41, 5.74) is 0.946. The van der Waals surface area contributed by atoms with Crippen LogP contribution in [0.15, 0.2) is 47.8 Å². The minimum absolute atomic E-state index is 0.101. The number of hydrogen-bond acceptors (Lipinski definition) is 7. The molecule has 0 spiro atoms. The molecule has 1 aromatic carbocycles. The molecule has 1 atom stereocenters. The summed E-state index contributed by atoms with van der Waals surface area (Å²) in [6, 6.07) is 8.37. The fourth-order valence-electron chi connectivity index (χ4n) is 2.35. The maximum Gasteiger partial charge on any atom is 0.436 e. The van der Waals surface area contributed by atoms with Crippen molar-refractivity contribution in [2.75, 3.05) is 0 Å². The predicted octanol–water partition coefficient (Wildman–Crippen LogP) is 2.79. The van der Waals surface area contributed by atoms with Crippen LogP contribution in [-0.4, -0.2) is 27.2 Å². The van der Waals surface area contributed by atoms with Crippen molar-refractivity contribution in [1.29, 1.82) is 5.26 Å². The van der Waals surface area contributed by atoms with Gasteiger partial charge in [-0.25, -0.2) is 4.79 Å². The molecule has 0 radical (unpaired) electrons. The molecule has 124 valence electrons. The molecule has 1 amide bonds. The summed E-state index contributed by atoms with van der Waals surface area (Å²) in [7, 11) is 0. The Labute approximate surface area is 141 Å². The molecule has 3 rings (SSSR count). The Hall–Kier alpha value is -3.80. The zero-order chi connectivity index (χ0) is 17.8. The number of carbonyl (C=O) groups is 1. The van der Waals surface area contributed by atoms with Gasteiger partial charge in [-0.3, -0.25) is 15.1 Å². The molecule has 0 N–H and O–H groups in total. The van der Waals surface area contributed by atoms with Crippen molar-refractivity contribution in [2.24, 2.45) is 5.10 Å². The first-order valence-electron chi connectivity index (χ1n) is 7.21. The SMILES string of the molecule is N#Cc1cncc(C2CC=NN2C(=O)Oc2ccc([N+](=O)[O-])cc2)c1. The molecule has 9 heteroatoms. The Morgan fingerprint density at radius 3 is 2.80 bits per heavy atom. The predicted molar refractivity (Wildman–Crippen MR) is 85.8 cm³/mol. The number of aromatic nitrogens is 1. The number of nitriles is 1. The Balaban J connectivity index is 1.75. The van der Waals surface area contributed by atoms with Crippen LogP contribution in [0.2, 0.25) is 0 Å². The third-order valence-electron chi connectivity index (χ3n) is 3.54. The van der Waals surface area contributed by atoms with Crippen LogP contribution in [0.3, 0.4) is 0 Å². The zero-order valence-corrected chi connectivity index (χ0v) is 12.8. The van der Waals surface area contributed by atoms with Crippen molar-refractivity contribution in [3.05, 3.63) is 64.0 Å². The summed E-state index contributed by atoms with van der Waals surface area (Å²) < 4.78 is 5.21. The Morgan fingerprint density at radius 1 is 1.36 bits per heavy atom. The maximum absolute atomic E-state index is 12.3. The van der Waals surface area contributed by atoms with Crippen molar-refractivity contribution in [3.8, 4) is 11.8 Å². The van der Waals surface area contributed by atoms with E-state index in [9.17, 15) is 14.9 Å². The van der Waals surface area contributed by atoms with E-state index in [-0.39, 0.29) is 11.4 Å². The smallest absolute Gasteiger partial charge is 0.409 e. The van der Waals surface area contributed by atoms with Crippen LogP contribution < -0.4 is 4.74 Å². The molecule has 0 saturated heterocycles. The van der Waals surface area contributed by atoms with E-state index in [4.69, 9.17) is 10.00 Å². The second-order valence-electron chi connectivity index (χ2n) is 5.13. The van der Waals surface area contributed by atoms with E-state index in [1.807, 2.05) is 6.07 Å². The molecule has 1 aliphatic rings. The van der Waals surface area contributed by atoms with Crippen molar-refractivity contribution in [1.82, 2.24) is 9.99 Å². The molecule has 1 aromatic heterocycles. The number of benzene rings is 1. The summed E-state index contributed by atoms with van der Waals surface area (Å²) in [6.45, 7) is 0. The number of hydrogen-bond donors (Lipinski definition) is 0. The van der Waals surface area contributed by atoms with Crippen molar-refractivity contribution in [3.63, 3.8) is 0 Å². The lowest BCUT2D eigenvalue weighted by molar-refractivity contribution is -0.384. The Bertz CT molecular complexity index is 888. The van der Waals surface area contributed by atoms with E-state index in [2.05, 4.69) is 10.1 Å². The molecule has 0 fully saturated rings. The molecule has 25 heavy (non-hydrogen) atoms. The van der Waals surface area contributed by atoms with Crippen LogP contribution in [0.1, 0.15) is 23.6 Å². The fraction of sp³-hybridized carbons (Fsp3) is 0.125. The van der Waals surface area contributed by atoms with Crippen LogP contribution in [0.5, 0.6) is 5.75 Å². The number of nitrogens with zero attached hydrogens (tertiary/aromatic N) is 5. The minimum atomic E-state index is -0.727. The van der Waals surface area contributed by atoms with Gasteiger partial charge >= 0.3 is 6.09 Å². The number of nitro benzene ring substituents is 1. The number of non-ortho nitro benzene ring substituents is 1. The number of hydrazone groups is 1. The Morgan fingerprint density at radius 2 is 2.12 bits per heavy atom. The van der Waals surface area contributed by atoms with E-state index in [1.165, 1.54) is 30.5 Å². The fourth-order valence-corrected chi connectivity index (χ4v) is 2.35. The topological polar surface area (TPSA) is 122 Å². The third-order valence-corrected chi connectivity index (χ3v) is 3.54. The van der Waals surface area contributed by atoms with Crippen molar-refractivity contribution >= 4 is 18.0 Å². The highest BCUT2D eigenvalue weighted by atomic mass is 16.6. The number of pyridine rings is 1. The lowest BCUT2D eigenvalue weighted by atomic mass is 10.1. The van der Waals surface area contributed by atoms with Gasteiger partial charge in [0.1, 0.15) is 11.8 Å². The lowest BCUT2D eigenvalue weighted by Gasteiger charge is -2.21. The first kappa shape index (κ1) is 16.1. The van der Waals surface area contributed by atoms with Crippen molar-refractivity contribution < 1.29 is 14.5 Å². The highest BCUT2D eigenvalue weighted by Crippen LogP contribution is 2.29. The van der Waals surface area contributed by atoms with Gasteiger partial charge in [-0.2, -0.15) is 15.4 Å². The standard InChI is InChI=1S/C16H11N5O4/c17-8-11-7-12(10-18-9-11)15-5-6-19-20(15)16(22)25-14-3-1-13(2-4-14)21(23)24/h1-4,6-7,9-10,15H,5H2. The monoisotopic (exact) mass is 337 g/mol. The van der Waals surface area contributed by atoms with E-state index in [0.717, 1.165) is 5.01 Å². The average Bonchev–Trinajstić information content (AvgIpc) is 3.12. The second kappa shape index (κ2) is 6.76. The molecular formula is C16H11N5O4. The number of ether oxygens (including phenoxy) is 1. The lowest BCUT2D eigenvalue weighted by Crippen LogP contribution is -2.30. The minimum Gasteiger partial charge on any atom is -0.409 e. The maximum atomic E-state index is 12.3. The van der Waals surface area contributed by atoms with Crippen LogP contribution >= 0.6 is 0 Å². The average molecular weight is 337 g/mol. The number of amides is 1. The molecule has 0 bridgehead atoms. The van der Waals surface area contributed by atoms with Gasteiger partial charge in [0, 0.05) is 37.2 Å². The molecule has 9 nitrogen and oxygen atoms in total. The Kier molecular flexibility index (Phi) is 4.34. The number of carbonyl (C=O) groups excluding carboxylic acids is 1. The van der Waals surface area contributed by atoms with Gasteiger partial charge < -0.3 is 4.74 Å². The van der Waals surface area contributed by atoms with Crippen LogP contribution in [-0.2, 0) is 0 Å². The van der Waals surface area contributed by atoms with Gasteiger partial charge in [0.15, 0.2) is 0 Å². The molecule has 2 heterocycles. The van der Waals surface area contributed by atoms with Gasteiger partial charge in [-0.05, 0) is 23.8 Å². The summed E-state index contributed by atoms with van der Waals surface area (Å²) in [5.74, 6) is 0.167. The summed E-state index contributed by atoms with van der Waals surface area (Å²) in [5, 5.41) is 24.8. The molecular weight excluding hydrogens is 326 g/mol. The quantitative estimate of drug-likeness (QED) is 0.627. The number of nitro groups is 1. The molecule has 0 aliphatic carbocycles. The van der Waals surface area contributed by atoms with Crippen molar-refractivity contribution in [2.45, 2.75) is 12.5 Å². The normalized spacial score (nSPS) is 15.6. The second-order valence-corrected chi connectivity index (χ2v) is 5.13. The van der Waals surface area contributed by atoms with Gasteiger partial charge in [0.25, 0.3) is 5.69 Å². The zero-order valence-electron chi connectivity index (χ0n) is 12.8. The first-order chi connectivity index (χ1) is 12.1. The highest BCUT2D eigenvalue weighted by Gasteiger charge is 2.30. The van der Waals surface area contributed by atoms with E-state index >= 15 is 0 Å².